The first-order chi connectivity index (χ1) is 29.3. The third kappa shape index (κ3) is 10.8. The van der Waals surface area contributed by atoms with Gasteiger partial charge in [0.2, 0.25) is 11.8 Å². The van der Waals surface area contributed by atoms with E-state index in [0.29, 0.717) is 0 Å². The molecule has 0 spiro atoms. The summed E-state index contributed by atoms with van der Waals surface area (Å²) < 4.78 is 50.5. The van der Waals surface area contributed by atoms with E-state index < -0.39 is 198 Å². The number of rotatable bonds is 15. The number of aliphatic hydroxyl groups is 15. The molecule has 0 aromatic rings. The van der Waals surface area contributed by atoms with Crippen molar-refractivity contribution in [2.24, 2.45) is 0 Å². The third-order valence-corrected chi connectivity index (χ3v) is 11.1. The smallest absolute Gasteiger partial charge is 0.217 e. The van der Waals surface area contributed by atoms with E-state index in [2.05, 4.69) is 10.6 Å². The minimum Gasteiger partial charge on any atom is -0.394 e. The first kappa shape index (κ1) is 51.0. The highest BCUT2D eigenvalue weighted by atomic mass is 16.8. The van der Waals surface area contributed by atoms with E-state index in [4.69, 9.17) is 42.6 Å². The van der Waals surface area contributed by atoms with E-state index in [1.165, 1.54) is 0 Å². The fraction of sp³-hybridized carbons (Fsp3) is 0.941. The minimum absolute atomic E-state index is 0.680. The van der Waals surface area contributed by atoms with Crippen LogP contribution in [0.4, 0.5) is 0 Å². The van der Waals surface area contributed by atoms with Crippen molar-refractivity contribution in [1.29, 1.82) is 0 Å². The van der Waals surface area contributed by atoms with Gasteiger partial charge in [0.05, 0.1) is 33.0 Å². The van der Waals surface area contributed by atoms with Gasteiger partial charge >= 0.3 is 0 Å². The zero-order valence-corrected chi connectivity index (χ0v) is 33.2. The molecule has 5 aliphatic heterocycles. The van der Waals surface area contributed by atoms with Crippen LogP contribution in [0.15, 0.2) is 0 Å². The predicted molar refractivity (Wildman–Crippen MR) is 190 cm³/mol. The van der Waals surface area contributed by atoms with Gasteiger partial charge in [0.25, 0.3) is 0 Å². The van der Waals surface area contributed by atoms with Gasteiger partial charge in [-0.05, 0) is 0 Å². The number of nitrogens with one attached hydrogen (secondary N) is 2. The minimum atomic E-state index is -2.15. The van der Waals surface area contributed by atoms with Crippen molar-refractivity contribution in [2.75, 3.05) is 33.0 Å². The molecule has 0 bridgehead atoms. The number of amides is 2. The van der Waals surface area contributed by atoms with Gasteiger partial charge < -0.3 is 130 Å². The maximum Gasteiger partial charge on any atom is 0.217 e. The maximum absolute atomic E-state index is 12.3. The fourth-order valence-corrected chi connectivity index (χ4v) is 7.84. The van der Waals surface area contributed by atoms with Crippen molar-refractivity contribution < 1.29 is 129 Å². The quantitative estimate of drug-likeness (QED) is 0.0725. The molecule has 0 unspecified atom stereocenters. The highest BCUT2D eigenvalue weighted by Gasteiger charge is 2.57. The van der Waals surface area contributed by atoms with E-state index in [0.717, 1.165) is 13.8 Å². The Morgan fingerprint density at radius 3 is 1.24 bits per heavy atom. The average Bonchev–Trinajstić information content (AvgIpc) is 3.23. The molecular formula is C34H58N2O26. The first-order valence-electron chi connectivity index (χ1n) is 19.6. The molecule has 5 aliphatic rings. The molecular weight excluding hydrogens is 852 g/mol. The van der Waals surface area contributed by atoms with E-state index in [1.54, 1.807) is 0 Å². The maximum atomic E-state index is 12.3. The predicted octanol–water partition coefficient (Wildman–Crippen LogP) is -11.6. The summed E-state index contributed by atoms with van der Waals surface area (Å²) in [4.78, 5) is 24.1. The van der Waals surface area contributed by atoms with Crippen LogP contribution in [0, 0.1) is 0 Å². The van der Waals surface area contributed by atoms with Crippen molar-refractivity contribution in [3.05, 3.63) is 0 Å². The summed E-state index contributed by atoms with van der Waals surface area (Å²) >= 11 is 0. The summed E-state index contributed by atoms with van der Waals surface area (Å²) in [5.41, 5.74) is 0. The molecule has 5 rings (SSSR count). The number of aliphatic hydroxyl groups excluding tert-OH is 15. The number of hydrogen-bond donors (Lipinski definition) is 17. The van der Waals surface area contributed by atoms with Gasteiger partial charge in [0.1, 0.15) is 122 Å². The summed E-state index contributed by atoms with van der Waals surface area (Å²) in [5, 5.41) is 163. The summed E-state index contributed by atoms with van der Waals surface area (Å²) in [7, 11) is 0. The lowest BCUT2D eigenvalue weighted by molar-refractivity contribution is -0.388. The van der Waals surface area contributed by atoms with Crippen molar-refractivity contribution in [3.63, 3.8) is 0 Å². The van der Waals surface area contributed by atoms with Crippen molar-refractivity contribution in [3.8, 4) is 0 Å². The lowest BCUT2D eigenvalue weighted by atomic mass is 9.94. The zero-order chi connectivity index (χ0) is 45.9. The van der Waals surface area contributed by atoms with Crippen LogP contribution in [0.1, 0.15) is 13.8 Å². The fourth-order valence-electron chi connectivity index (χ4n) is 7.84. The van der Waals surface area contributed by atoms with Crippen LogP contribution < -0.4 is 10.6 Å². The summed E-state index contributed by atoms with van der Waals surface area (Å²) in [6.07, 6.45) is -41.9. The number of carbonyl (C=O) groups excluding carboxylic acids is 2. The molecule has 28 nitrogen and oxygen atoms in total. The number of carbonyl (C=O) groups is 2. The van der Waals surface area contributed by atoms with Crippen LogP contribution in [0.3, 0.4) is 0 Å². The standard InChI is InChI=1S/C34H58N2O26/c1-8(42)35-15-19(46)26(12(5-39)54-30(15)53)59-31-16(36-9(2)43)20(47)27(13(6-40)57-31)60-33-24(51)22(49)28(14(7-41)58-33)61-34-25(52)29(18(45)11(4-38)56-34)62-32-23(50)21(48)17(44)10(3-37)55-32/h10-34,37-41,44-53H,3-7H2,1-2H3,(H,35,42)(H,36,43)/t10-,11-,12-,13-,14-,15-,16-,17-,18-,19-,20-,21+,22-,23+,24+,25+,26-,27-,28-,29+,30-,31+,32-,33+,34-/m1/s1. The summed E-state index contributed by atoms with van der Waals surface area (Å²) in [6.45, 7) is -2.45. The van der Waals surface area contributed by atoms with Crippen LogP contribution in [-0.2, 0) is 52.2 Å². The molecule has 0 aromatic carbocycles. The Morgan fingerprint density at radius 2 is 0.742 bits per heavy atom. The van der Waals surface area contributed by atoms with Gasteiger partial charge in [0.15, 0.2) is 31.5 Å². The molecule has 360 valence electrons. The van der Waals surface area contributed by atoms with Crippen LogP contribution in [0.5, 0.6) is 0 Å². The second kappa shape index (κ2) is 22.0. The molecule has 5 fully saturated rings. The number of ether oxygens (including phenoxy) is 9. The molecule has 25 atom stereocenters. The second-order valence-electron chi connectivity index (χ2n) is 15.4. The largest absolute Gasteiger partial charge is 0.394 e. The summed E-state index contributed by atoms with van der Waals surface area (Å²) in [6, 6.07) is -3.12. The molecule has 0 radical (unpaired) electrons. The molecule has 5 saturated heterocycles. The first-order valence-corrected chi connectivity index (χ1v) is 19.6. The van der Waals surface area contributed by atoms with E-state index >= 15 is 0 Å². The van der Waals surface area contributed by atoms with Crippen molar-refractivity contribution >= 4 is 11.8 Å². The monoisotopic (exact) mass is 910 g/mol. The van der Waals surface area contributed by atoms with Gasteiger partial charge in [-0.15, -0.1) is 0 Å². The lowest BCUT2D eigenvalue weighted by Gasteiger charge is -2.50. The lowest BCUT2D eigenvalue weighted by Crippen LogP contribution is -2.70. The Labute approximate surface area is 351 Å². The second-order valence-corrected chi connectivity index (χ2v) is 15.4. The van der Waals surface area contributed by atoms with Crippen LogP contribution in [-0.4, -0.2) is 275 Å². The molecule has 0 aromatic heterocycles. The van der Waals surface area contributed by atoms with Crippen LogP contribution >= 0.6 is 0 Å². The van der Waals surface area contributed by atoms with E-state index in [1.807, 2.05) is 0 Å². The van der Waals surface area contributed by atoms with Gasteiger partial charge in [0, 0.05) is 13.8 Å². The van der Waals surface area contributed by atoms with Crippen molar-refractivity contribution in [2.45, 2.75) is 167 Å². The molecule has 5 heterocycles. The molecule has 28 heteroatoms. The molecule has 0 aliphatic carbocycles. The SMILES string of the molecule is CC(=O)N[C@@H]1[C@@H](O)[C@H](O[C@@H]2O[C@H](CO)[C@@H](O[C@@H]3O[C@H](CO)[C@@H](O[C@H]4O[C@H](CO)[C@@H](O)[C@H](O[C@H]5O[C@H](CO)[C@@H](O)[C@H](O)[C@@H]5O)[C@@H]4O)[C@H](O)[C@@H]3O)[C@H](O)[C@H]2NC(C)=O)[C@@H](CO)O[C@H]1O. The highest BCUT2D eigenvalue weighted by molar-refractivity contribution is 5.73. The third-order valence-electron chi connectivity index (χ3n) is 11.1. The van der Waals surface area contributed by atoms with Crippen LogP contribution in [0.2, 0.25) is 0 Å². The number of hydrogen-bond acceptors (Lipinski definition) is 26. The zero-order valence-electron chi connectivity index (χ0n) is 33.2. The Hall–Kier alpha value is -2.02. The van der Waals surface area contributed by atoms with Crippen LogP contribution in [0.25, 0.3) is 0 Å². The van der Waals surface area contributed by atoms with Gasteiger partial charge in [-0.2, -0.15) is 0 Å². The Bertz CT molecular complexity index is 1440. The van der Waals surface area contributed by atoms with Gasteiger partial charge in [-0.1, -0.05) is 0 Å². The molecule has 62 heavy (non-hydrogen) atoms. The van der Waals surface area contributed by atoms with Gasteiger partial charge in [-0.3, -0.25) is 9.59 Å². The van der Waals surface area contributed by atoms with E-state index in [-0.39, 0.29) is 0 Å². The van der Waals surface area contributed by atoms with Crippen molar-refractivity contribution in [1.82, 2.24) is 10.6 Å². The molecule has 2 amide bonds. The topological polar surface area (TPSA) is 445 Å². The Morgan fingerprint density at radius 1 is 0.387 bits per heavy atom. The Balaban J connectivity index is 1.31. The Kier molecular flexibility index (Phi) is 18.1. The van der Waals surface area contributed by atoms with Gasteiger partial charge in [-0.25, -0.2) is 0 Å². The molecule has 17 N–H and O–H groups in total. The normalized spacial score (nSPS) is 49.0. The molecule has 0 saturated carbocycles. The van der Waals surface area contributed by atoms with E-state index in [9.17, 15) is 86.2 Å². The summed E-state index contributed by atoms with van der Waals surface area (Å²) in [5.74, 6) is -1.45. The highest BCUT2D eigenvalue weighted by Crippen LogP contribution is 2.35. The average molecular weight is 911 g/mol.